The van der Waals surface area contributed by atoms with E-state index in [2.05, 4.69) is 15.1 Å². The number of hydrogen-bond acceptors (Lipinski definition) is 4. The molecule has 2 heterocycles. The van der Waals surface area contributed by atoms with Crippen molar-refractivity contribution in [1.82, 2.24) is 24.1 Å². The minimum atomic E-state index is -3.72. The Balaban J connectivity index is 1.79. The molecule has 2 aliphatic rings. The average molecular weight is 369 g/mol. The van der Waals surface area contributed by atoms with Gasteiger partial charge in [-0.15, -0.1) is 0 Å². The van der Waals surface area contributed by atoms with Crippen molar-refractivity contribution >= 4 is 16.1 Å². The van der Waals surface area contributed by atoms with Crippen molar-refractivity contribution in [2.24, 2.45) is 7.05 Å². The van der Waals surface area contributed by atoms with Crippen LogP contribution in [-0.4, -0.2) is 47.5 Å². The Labute approximate surface area is 149 Å². The van der Waals surface area contributed by atoms with Crippen molar-refractivity contribution < 1.29 is 13.2 Å². The number of carbonyl (C=O) groups excluding carboxylic acids is 1. The van der Waals surface area contributed by atoms with E-state index < -0.39 is 22.3 Å². The van der Waals surface area contributed by atoms with Gasteiger partial charge in [-0.2, -0.15) is 22.5 Å². The lowest BCUT2D eigenvalue weighted by molar-refractivity contribution is -0.126. The van der Waals surface area contributed by atoms with Gasteiger partial charge in [0, 0.05) is 31.4 Å². The highest BCUT2D eigenvalue weighted by molar-refractivity contribution is 7.87. The summed E-state index contributed by atoms with van der Waals surface area (Å²) in [5, 5.41) is 7.24. The Morgan fingerprint density at radius 1 is 1.28 bits per heavy atom. The lowest BCUT2D eigenvalue weighted by atomic mass is 9.94. The lowest BCUT2D eigenvalue weighted by Gasteiger charge is -2.37. The summed E-state index contributed by atoms with van der Waals surface area (Å²) in [5.74, 6) is -0.203. The van der Waals surface area contributed by atoms with Gasteiger partial charge in [0.25, 0.3) is 10.2 Å². The maximum absolute atomic E-state index is 12.8. The number of amides is 1. The van der Waals surface area contributed by atoms with E-state index in [1.165, 1.54) is 13.5 Å². The van der Waals surface area contributed by atoms with Crippen molar-refractivity contribution in [3.8, 4) is 0 Å². The molecule has 1 saturated carbocycles. The summed E-state index contributed by atoms with van der Waals surface area (Å²) in [6.45, 7) is 1.89. The summed E-state index contributed by atoms with van der Waals surface area (Å²) in [5.41, 5.74) is 1.71. The van der Waals surface area contributed by atoms with E-state index in [9.17, 15) is 13.2 Å². The zero-order valence-electron chi connectivity index (χ0n) is 15.0. The van der Waals surface area contributed by atoms with Gasteiger partial charge in [0.2, 0.25) is 5.91 Å². The molecule has 1 aliphatic carbocycles. The fourth-order valence-corrected chi connectivity index (χ4v) is 4.98. The summed E-state index contributed by atoms with van der Waals surface area (Å²) in [6, 6.07) is -0.999. The third-order valence-electron chi connectivity index (χ3n) is 5.47. The maximum Gasteiger partial charge on any atom is 0.280 e. The van der Waals surface area contributed by atoms with Crippen molar-refractivity contribution in [2.75, 3.05) is 7.05 Å². The molecule has 1 saturated heterocycles. The van der Waals surface area contributed by atoms with E-state index in [0.29, 0.717) is 6.42 Å². The molecule has 1 aromatic rings. The molecule has 0 radical (unpaired) electrons. The molecular formula is C16H27N5O3S. The maximum atomic E-state index is 12.8. The van der Waals surface area contributed by atoms with Gasteiger partial charge in [-0.05, 0) is 26.2 Å². The summed E-state index contributed by atoms with van der Waals surface area (Å²) >= 11 is 0. The standard InChI is InChI=1S/C16H27N5O3S/c1-11-13(10-17-20(11)2)14-9-15(21(3)25(23,24)19-14)16(22)18-12-7-5-4-6-8-12/h10,12,14-15,19H,4-9H2,1-3H3,(H,18,22)/t14-,15-/m0/s1. The molecule has 0 bridgehead atoms. The molecule has 8 nitrogen and oxygen atoms in total. The summed E-state index contributed by atoms with van der Waals surface area (Å²) in [6.07, 6.45) is 7.43. The molecule has 25 heavy (non-hydrogen) atoms. The minimum absolute atomic E-state index is 0.158. The number of nitrogens with zero attached hydrogens (tertiary/aromatic N) is 3. The average Bonchev–Trinajstić information content (AvgIpc) is 2.90. The third kappa shape index (κ3) is 3.73. The smallest absolute Gasteiger partial charge is 0.280 e. The summed E-state index contributed by atoms with van der Waals surface area (Å²) in [4.78, 5) is 12.8. The number of aryl methyl sites for hydroxylation is 1. The van der Waals surface area contributed by atoms with Gasteiger partial charge in [-0.25, -0.2) is 0 Å². The number of nitrogens with one attached hydrogen (secondary N) is 2. The molecule has 9 heteroatoms. The second-order valence-corrected chi connectivity index (χ2v) is 8.86. The fraction of sp³-hybridized carbons (Fsp3) is 0.750. The van der Waals surface area contributed by atoms with Crippen LogP contribution in [0, 0.1) is 6.92 Å². The Kier molecular flexibility index (Phi) is 5.17. The van der Waals surface area contributed by atoms with E-state index >= 15 is 0 Å². The lowest BCUT2D eigenvalue weighted by Crippen LogP contribution is -2.58. The van der Waals surface area contributed by atoms with Crippen molar-refractivity contribution in [3.05, 3.63) is 17.5 Å². The molecule has 2 N–H and O–H groups in total. The van der Waals surface area contributed by atoms with Crippen molar-refractivity contribution in [1.29, 1.82) is 0 Å². The van der Waals surface area contributed by atoms with E-state index in [4.69, 9.17) is 0 Å². The van der Waals surface area contributed by atoms with Crippen LogP contribution >= 0.6 is 0 Å². The predicted octanol–water partition coefficient (Wildman–Crippen LogP) is 0.757. The molecule has 140 valence electrons. The molecule has 0 aromatic carbocycles. The van der Waals surface area contributed by atoms with Crippen molar-refractivity contribution in [2.45, 2.75) is 63.6 Å². The Hall–Kier alpha value is -1.45. The molecule has 2 fully saturated rings. The van der Waals surface area contributed by atoms with Crippen LogP contribution in [0.25, 0.3) is 0 Å². The van der Waals surface area contributed by atoms with Crippen LogP contribution in [0.15, 0.2) is 6.20 Å². The highest BCUT2D eigenvalue weighted by atomic mass is 32.2. The third-order valence-corrected chi connectivity index (χ3v) is 7.07. The summed E-state index contributed by atoms with van der Waals surface area (Å²) < 4.78 is 30.5. The molecule has 2 atom stereocenters. The molecular weight excluding hydrogens is 342 g/mol. The quantitative estimate of drug-likeness (QED) is 0.822. The largest absolute Gasteiger partial charge is 0.352 e. The number of rotatable bonds is 3. The fourth-order valence-electron chi connectivity index (χ4n) is 3.71. The first-order chi connectivity index (χ1) is 11.8. The monoisotopic (exact) mass is 369 g/mol. The Morgan fingerprint density at radius 3 is 2.56 bits per heavy atom. The second-order valence-electron chi connectivity index (χ2n) is 7.10. The molecule has 0 spiro atoms. The van der Waals surface area contributed by atoms with Gasteiger partial charge in [-0.1, -0.05) is 19.3 Å². The van der Waals surface area contributed by atoms with Crippen LogP contribution in [0.3, 0.4) is 0 Å². The van der Waals surface area contributed by atoms with Crippen molar-refractivity contribution in [3.63, 3.8) is 0 Å². The second kappa shape index (κ2) is 7.05. The first kappa shape index (κ1) is 18.3. The first-order valence-electron chi connectivity index (χ1n) is 8.83. The minimum Gasteiger partial charge on any atom is -0.352 e. The number of carbonyl (C=O) groups is 1. The Bertz CT molecular complexity index is 739. The number of hydrogen-bond donors (Lipinski definition) is 2. The zero-order valence-corrected chi connectivity index (χ0v) is 15.8. The van der Waals surface area contributed by atoms with Gasteiger partial charge in [0.15, 0.2) is 0 Å². The highest BCUT2D eigenvalue weighted by Gasteiger charge is 2.41. The molecule has 1 aromatic heterocycles. The zero-order chi connectivity index (χ0) is 18.2. The normalized spacial score (nSPS) is 28.0. The van der Waals surface area contributed by atoms with Gasteiger partial charge in [-0.3, -0.25) is 9.48 Å². The van der Waals surface area contributed by atoms with Crippen LogP contribution < -0.4 is 10.0 Å². The first-order valence-corrected chi connectivity index (χ1v) is 10.3. The predicted molar refractivity (Wildman–Crippen MR) is 93.9 cm³/mol. The number of likely N-dealkylation sites (N-methyl/N-ethyl adjacent to an activating group) is 1. The summed E-state index contributed by atoms with van der Waals surface area (Å²) in [7, 11) is -0.443. The van der Waals surface area contributed by atoms with E-state index in [0.717, 1.165) is 41.2 Å². The van der Waals surface area contributed by atoms with Gasteiger partial charge in [0.05, 0.1) is 12.2 Å². The van der Waals surface area contributed by atoms with Crippen LogP contribution in [0.2, 0.25) is 0 Å². The van der Waals surface area contributed by atoms with Crippen LogP contribution in [0.1, 0.15) is 55.8 Å². The van der Waals surface area contributed by atoms with Crippen LogP contribution in [-0.2, 0) is 22.1 Å². The van der Waals surface area contributed by atoms with Gasteiger partial charge >= 0.3 is 0 Å². The van der Waals surface area contributed by atoms with Gasteiger partial charge < -0.3 is 5.32 Å². The molecule has 1 amide bonds. The Morgan fingerprint density at radius 2 is 1.96 bits per heavy atom. The van der Waals surface area contributed by atoms with E-state index in [1.54, 1.807) is 10.9 Å². The van der Waals surface area contributed by atoms with Crippen LogP contribution in [0.4, 0.5) is 0 Å². The molecule has 0 unspecified atom stereocenters. The topological polar surface area (TPSA) is 96.3 Å². The molecule has 1 aliphatic heterocycles. The number of aromatic nitrogens is 2. The SMILES string of the molecule is Cc1c([C@@H]2C[C@@H](C(=O)NC3CCCCC3)N(C)S(=O)(=O)N2)cnn1C. The highest BCUT2D eigenvalue weighted by Crippen LogP contribution is 2.29. The van der Waals surface area contributed by atoms with Gasteiger partial charge in [0.1, 0.15) is 6.04 Å². The van der Waals surface area contributed by atoms with E-state index in [-0.39, 0.29) is 11.9 Å². The van der Waals surface area contributed by atoms with Crippen LogP contribution in [0.5, 0.6) is 0 Å². The van der Waals surface area contributed by atoms with E-state index in [1.807, 2.05) is 14.0 Å². The molecule has 3 rings (SSSR count).